The summed E-state index contributed by atoms with van der Waals surface area (Å²) in [4.78, 5) is 32.2. The number of aliphatic hydroxyl groups excluding tert-OH is 2. The van der Waals surface area contributed by atoms with Gasteiger partial charge >= 0.3 is 5.97 Å². The van der Waals surface area contributed by atoms with Crippen LogP contribution in [-0.4, -0.2) is 92.8 Å². The van der Waals surface area contributed by atoms with Gasteiger partial charge in [0, 0.05) is 31.8 Å². The van der Waals surface area contributed by atoms with Crippen molar-refractivity contribution in [3.05, 3.63) is 39.9 Å². The summed E-state index contributed by atoms with van der Waals surface area (Å²) in [7, 11) is 0. The number of amides is 1. The number of aliphatic hydroxyl groups is 2. The van der Waals surface area contributed by atoms with Crippen molar-refractivity contribution >= 4 is 53.2 Å². The van der Waals surface area contributed by atoms with Crippen LogP contribution in [0.25, 0.3) is 0 Å². The third-order valence-electron chi connectivity index (χ3n) is 4.29. The second-order valence-corrected chi connectivity index (χ2v) is 7.59. The van der Waals surface area contributed by atoms with Crippen LogP contribution in [-0.2, 0) is 14.3 Å². The highest BCUT2D eigenvalue weighted by molar-refractivity contribution is 6.53. The first-order valence-corrected chi connectivity index (χ1v) is 10.2. The average Bonchev–Trinajstić information content (AvgIpc) is 2.76. The molecule has 2 atom stereocenters. The number of carboxylic acid groups (broad SMARTS) is 1. The van der Waals surface area contributed by atoms with Gasteiger partial charge in [0.05, 0.1) is 37.2 Å². The molecule has 1 fully saturated rings. The lowest BCUT2D eigenvalue weighted by Crippen LogP contribution is -2.44. The number of carboxylic acids is 1. The molecule has 1 aromatic carbocycles. The summed E-state index contributed by atoms with van der Waals surface area (Å²) >= 11 is 10.7. The molecular formula is C18H28Cl3N3O9. The number of benzene rings is 1. The predicted molar refractivity (Wildman–Crippen MR) is 123 cm³/mol. The van der Waals surface area contributed by atoms with Crippen LogP contribution in [0.4, 0.5) is 5.69 Å². The van der Waals surface area contributed by atoms with Gasteiger partial charge in [-0.05, 0) is 17.7 Å². The summed E-state index contributed by atoms with van der Waals surface area (Å²) in [6.45, 7) is 3.31. The lowest BCUT2D eigenvalue weighted by atomic mass is 10.0. The zero-order valence-electron chi connectivity index (χ0n) is 17.4. The monoisotopic (exact) mass is 535 g/mol. The lowest BCUT2D eigenvalue weighted by Gasteiger charge is -2.25. The fourth-order valence-corrected chi connectivity index (χ4v) is 2.70. The van der Waals surface area contributed by atoms with Gasteiger partial charge in [-0.25, -0.2) is 0 Å². The van der Waals surface area contributed by atoms with Crippen LogP contribution >= 0.6 is 35.6 Å². The molecule has 1 aromatic rings. The van der Waals surface area contributed by atoms with E-state index in [-0.39, 0.29) is 30.0 Å². The smallest absolute Gasteiger partial charge is 0.304 e. The fraction of sp³-hybridized carbons (Fsp3) is 0.556. The molecule has 33 heavy (non-hydrogen) atoms. The Morgan fingerprint density at radius 1 is 1.21 bits per heavy atom. The van der Waals surface area contributed by atoms with Crippen LogP contribution in [0.5, 0.6) is 0 Å². The zero-order chi connectivity index (χ0) is 23.4. The van der Waals surface area contributed by atoms with E-state index in [0.29, 0.717) is 12.1 Å². The highest BCUT2D eigenvalue weighted by Gasteiger charge is 2.24. The van der Waals surface area contributed by atoms with Gasteiger partial charge in [0.1, 0.15) is 6.10 Å². The standard InChI is InChI=1S/C11H12Cl2N2O5.C7H13NO3.ClH.H2O/c12-10(13)11(18)14-8(5-16)9(17)6-1-3-7(4-2-6)15(19)20;9-7(10)1-2-8-3-5-11-6-4-8;;/h1-4,8-10,16-17H,5H2,(H,14,18);1-6H2,(H,9,10);1H;1H2/t8-,9-;;;/m1.../s1. The largest absolute Gasteiger partial charge is 0.481 e. The van der Waals surface area contributed by atoms with Crippen molar-refractivity contribution in [1.29, 1.82) is 0 Å². The molecule has 0 radical (unpaired) electrons. The van der Waals surface area contributed by atoms with E-state index in [4.69, 9.17) is 38.2 Å². The van der Waals surface area contributed by atoms with Crippen molar-refractivity contribution in [3.8, 4) is 0 Å². The lowest BCUT2D eigenvalue weighted by molar-refractivity contribution is -0.384. The van der Waals surface area contributed by atoms with E-state index < -0.39 is 40.4 Å². The van der Waals surface area contributed by atoms with E-state index in [2.05, 4.69) is 10.2 Å². The second-order valence-electron chi connectivity index (χ2n) is 6.49. The van der Waals surface area contributed by atoms with Gasteiger partial charge in [0.25, 0.3) is 11.6 Å². The van der Waals surface area contributed by atoms with Gasteiger partial charge in [-0.2, -0.15) is 0 Å². The van der Waals surface area contributed by atoms with Crippen molar-refractivity contribution in [2.24, 2.45) is 0 Å². The molecule has 2 rings (SSSR count). The molecule has 0 spiro atoms. The number of morpholine rings is 1. The first-order chi connectivity index (χ1) is 14.6. The number of halogens is 3. The van der Waals surface area contributed by atoms with Crippen molar-refractivity contribution < 1.29 is 40.0 Å². The number of nitrogens with one attached hydrogen (secondary N) is 1. The Morgan fingerprint density at radius 3 is 2.18 bits per heavy atom. The number of hydrogen-bond acceptors (Lipinski definition) is 8. The Hall–Kier alpha value is -1.77. The van der Waals surface area contributed by atoms with Crippen molar-refractivity contribution in [2.45, 2.75) is 23.4 Å². The van der Waals surface area contributed by atoms with Crippen LogP contribution in [0.1, 0.15) is 18.1 Å². The van der Waals surface area contributed by atoms with Gasteiger partial charge in [-0.1, -0.05) is 23.2 Å². The number of rotatable bonds is 9. The number of ether oxygens (including phenoxy) is 1. The molecule has 0 aliphatic carbocycles. The Morgan fingerprint density at radius 2 is 1.76 bits per heavy atom. The quantitative estimate of drug-likeness (QED) is 0.195. The fourth-order valence-electron chi connectivity index (χ4n) is 2.57. The summed E-state index contributed by atoms with van der Waals surface area (Å²) in [5.41, 5.74) is 0.169. The highest BCUT2D eigenvalue weighted by Crippen LogP contribution is 2.20. The molecule has 1 saturated heterocycles. The highest BCUT2D eigenvalue weighted by atomic mass is 35.5. The molecular weight excluding hydrogens is 509 g/mol. The first-order valence-electron chi connectivity index (χ1n) is 9.29. The Labute approximate surface area is 206 Å². The van der Waals surface area contributed by atoms with Gasteiger partial charge < -0.3 is 30.8 Å². The summed E-state index contributed by atoms with van der Waals surface area (Å²) in [6, 6.07) is 4.05. The van der Waals surface area contributed by atoms with Gasteiger partial charge in [-0.3, -0.25) is 24.6 Å². The Bertz CT molecular complexity index is 720. The molecule has 1 aliphatic rings. The van der Waals surface area contributed by atoms with E-state index in [9.17, 15) is 24.8 Å². The van der Waals surface area contributed by atoms with Crippen LogP contribution < -0.4 is 5.32 Å². The Balaban J connectivity index is 0. The van der Waals surface area contributed by atoms with Crippen LogP contribution in [0, 0.1) is 10.1 Å². The molecule has 12 nitrogen and oxygen atoms in total. The number of carbonyl (C=O) groups is 2. The predicted octanol–water partition coefficient (Wildman–Crippen LogP) is 0.299. The molecule has 6 N–H and O–H groups in total. The second kappa shape index (κ2) is 17.7. The molecule has 1 amide bonds. The maximum absolute atomic E-state index is 11.3. The van der Waals surface area contributed by atoms with E-state index >= 15 is 0 Å². The number of hydrogen-bond donors (Lipinski definition) is 4. The van der Waals surface area contributed by atoms with Crippen molar-refractivity contribution in [3.63, 3.8) is 0 Å². The van der Waals surface area contributed by atoms with Crippen molar-refractivity contribution in [2.75, 3.05) is 39.5 Å². The molecule has 0 bridgehead atoms. The third-order valence-corrected chi connectivity index (χ3v) is 4.69. The minimum atomic E-state index is -1.33. The normalized spacial score (nSPS) is 15.1. The number of aliphatic carboxylic acids is 1. The van der Waals surface area contributed by atoms with E-state index in [1.807, 2.05) is 0 Å². The summed E-state index contributed by atoms with van der Waals surface area (Å²) in [6.07, 6.45) is -1.02. The average molecular weight is 537 g/mol. The number of nitrogens with zero attached hydrogens (tertiary/aromatic N) is 2. The number of nitro groups is 1. The zero-order valence-corrected chi connectivity index (χ0v) is 19.8. The summed E-state index contributed by atoms with van der Waals surface area (Å²) in [5, 5.41) is 40.3. The first kappa shape index (κ1) is 33.4. The molecule has 190 valence electrons. The number of alkyl halides is 2. The molecule has 15 heteroatoms. The number of nitro benzene ring substituents is 1. The maximum atomic E-state index is 11.3. The molecule has 1 aliphatic heterocycles. The van der Waals surface area contributed by atoms with E-state index in [0.717, 1.165) is 26.3 Å². The van der Waals surface area contributed by atoms with Crippen LogP contribution in [0.3, 0.4) is 0 Å². The molecule has 0 aromatic heterocycles. The SMILES string of the molecule is Cl.O.O=C(N[C@H](CO)[C@H](O)c1ccc([N+](=O)[O-])cc1)C(Cl)Cl.O=C(O)CCN1CCOCC1. The van der Waals surface area contributed by atoms with Gasteiger partial charge in [0.2, 0.25) is 0 Å². The molecule has 0 unspecified atom stereocenters. The summed E-state index contributed by atoms with van der Waals surface area (Å²) in [5.74, 6) is -1.48. The van der Waals surface area contributed by atoms with Crippen LogP contribution in [0.2, 0.25) is 0 Å². The minimum absolute atomic E-state index is 0. The topological polar surface area (TPSA) is 194 Å². The molecule has 1 heterocycles. The van der Waals surface area contributed by atoms with Crippen LogP contribution in [0.15, 0.2) is 24.3 Å². The van der Waals surface area contributed by atoms with Gasteiger partial charge in [-0.15, -0.1) is 12.4 Å². The third kappa shape index (κ3) is 12.9. The maximum Gasteiger partial charge on any atom is 0.304 e. The van der Waals surface area contributed by atoms with E-state index in [1.165, 1.54) is 24.3 Å². The van der Waals surface area contributed by atoms with Crippen molar-refractivity contribution in [1.82, 2.24) is 10.2 Å². The number of non-ortho nitro benzene ring substituents is 1. The van der Waals surface area contributed by atoms with E-state index in [1.54, 1.807) is 0 Å². The minimum Gasteiger partial charge on any atom is -0.481 e. The Kier molecular flexibility index (Phi) is 17.9. The van der Waals surface area contributed by atoms with Gasteiger partial charge in [0.15, 0.2) is 4.84 Å². The molecule has 0 saturated carbocycles. The number of carbonyl (C=O) groups excluding carboxylic acids is 1. The summed E-state index contributed by atoms with van der Waals surface area (Å²) < 4.78 is 5.12.